The number of rotatable bonds is 9. The first kappa shape index (κ1) is 17.5. The van der Waals surface area contributed by atoms with E-state index >= 15 is 0 Å². The minimum Gasteiger partial charge on any atom is -0.480 e. The fourth-order valence-corrected chi connectivity index (χ4v) is 2.16. The predicted molar refractivity (Wildman–Crippen MR) is 86.4 cm³/mol. The van der Waals surface area contributed by atoms with Gasteiger partial charge in [-0.05, 0) is 31.4 Å². The number of unbranched alkanes of at least 4 members (excludes halogenated alkanes) is 1. The van der Waals surface area contributed by atoms with Crippen LogP contribution in [0.1, 0.15) is 45.1 Å². The summed E-state index contributed by atoms with van der Waals surface area (Å²) in [7, 11) is 0. The highest BCUT2D eigenvalue weighted by Gasteiger charge is 2.21. The van der Waals surface area contributed by atoms with Gasteiger partial charge in [0.05, 0.1) is 0 Å². The number of ether oxygens (including phenoxy) is 1. The van der Waals surface area contributed by atoms with E-state index in [-0.39, 0.29) is 11.9 Å². The van der Waals surface area contributed by atoms with Crippen LogP contribution in [0.2, 0.25) is 0 Å². The quantitative estimate of drug-likeness (QED) is 0.735. The Morgan fingerprint density at radius 1 is 1.33 bits per heavy atom. The van der Waals surface area contributed by atoms with Gasteiger partial charge >= 0.3 is 0 Å². The van der Waals surface area contributed by atoms with Crippen LogP contribution < -0.4 is 15.8 Å². The van der Waals surface area contributed by atoms with E-state index in [0.29, 0.717) is 13.0 Å². The standard InChI is InChI=1S/C17H28N2O2/c1-4-6-10-14(12-18)19-17(20)15(5-2)21-16-11-8-7-9-13(16)3/h7-9,11,14-15H,4-6,10,12,18H2,1-3H3,(H,19,20). The summed E-state index contributed by atoms with van der Waals surface area (Å²) in [6, 6.07) is 7.77. The normalized spacial score (nSPS) is 13.5. The molecular weight excluding hydrogens is 264 g/mol. The average molecular weight is 292 g/mol. The molecule has 0 aliphatic carbocycles. The molecule has 118 valence electrons. The van der Waals surface area contributed by atoms with E-state index in [1.807, 2.05) is 38.1 Å². The van der Waals surface area contributed by atoms with Gasteiger partial charge in [-0.25, -0.2) is 0 Å². The Balaban J connectivity index is 2.62. The Labute approximate surface area is 128 Å². The molecule has 4 nitrogen and oxygen atoms in total. The van der Waals surface area contributed by atoms with Crippen LogP contribution in [0.15, 0.2) is 24.3 Å². The van der Waals surface area contributed by atoms with Crippen LogP contribution in [0.25, 0.3) is 0 Å². The van der Waals surface area contributed by atoms with Gasteiger partial charge in [0.25, 0.3) is 5.91 Å². The molecule has 0 aliphatic rings. The third-order valence-electron chi connectivity index (χ3n) is 3.56. The van der Waals surface area contributed by atoms with Crippen molar-refractivity contribution in [2.24, 2.45) is 5.73 Å². The number of amides is 1. The number of benzene rings is 1. The van der Waals surface area contributed by atoms with Gasteiger partial charge in [0, 0.05) is 12.6 Å². The van der Waals surface area contributed by atoms with Crippen LogP contribution in [-0.2, 0) is 4.79 Å². The van der Waals surface area contributed by atoms with Crippen LogP contribution in [0.4, 0.5) is 0 Å². The maximum Gasteiger partial charge on any atom is 0.261 e. The van der Waals surface area contributed by atoms with Crippen molar-refractivity contribution < 1.29 is 9.53 Å². The summed E-state index contributed by atoms with van der Waals surface area (Å²) < 4.78 is 5.85. The fraction of sp³-hybridized carbons (Fsp3) is 0.588. The maximum atomic E-state index is 12.3. The number of hydrogen-bond donors (Lipinski definition) is 2. The van der Waals surface area contributed by atoms with Gasteiger partial charge in [-0.2, -0.15) is 0 Å². The van der Waals surface area contributed by atoms with Crippen molar-refractivity contribution in [2.45, 2.75) is 58.6 Å². The summed E-state index contributed by atoms with van der Waals surface area (Å²) in [6.07, 6.45) is 3.24. The van der Waals surface area contributed by atoms with E-state index in [0.717, 1.165) is 30.6 Å². The molecule has 1 amide bonds. The first-order chi connectivity index (χ1) is 10.1. The van der Waals surface area contributed by atoms with Crippen LogP contribution in [0.3, 0.4) is 0 Å². The number of carbonyl (C=O) groups excluding carboxylic acids is 1. The van der Waals surface area contributed by atoms with E-state index in [4.69, 9.17) is 10.5 Å². The fourth-order valence-electron chi connectivity index (χ4n) is 2.16. The molecule has 1 rings (SSSR count). The smallest absolute Gasteiger partial charge is 0.261 e. The third-order valence-corrected chi connectivity index (χ3v) is 3.56. The van der Waals surface area contributed by atoms with Crippen LogP contribution in [-0.4, -0.2) is 24.6 Å². The lowest BCUT2D eigenvalue weighted by atomic mass is 10.1. The van der Waals surface area contributed by atoms with Gasteiger partial charge in [-0.15, -0.1) is 0 Å². The van der Waals surface area contributed by atoms with Gasteiger partial charge in [-0.3, -0.25) is 4.79 Å². The molecule has 3 N–H and O–H groups in total. The Morgan fingerprint density at radius 3 is 2.62 bits per heavy atom. The minimum absolute atomic E-state index is 0.0342. The van der Waals surface area contributed by atoms with E-state index in [2.05, 4.69) is 12.2 Å². The summed E-state index contributed by atoms with van der Waals surface area (Å²) >= 11 is 0. The van der Waals surface area contributed by atoms with Crippen molar-refractivity contribution in [3.63, 3.8) is 0 Å². The highest BCUT2D eigenvalue weighted by Crippen LogP contribution is 2.19. The molecule has 1 aromatic rings. The number of nitrogens with one attached hydrogen (secondary N) is 1. The Morgan fingerprint density at radius 2 is 2.05 bits per heavy atom. The van der Waals surface area contributed by atoms with Gasteiger partial charge in [0.2, 0.25) is 0 Å². The molecule has 0 aromatic heterocycles. The molecule has 0 radical (unpaired) electrons. The summed E-state index contributed by atoms with van der Waals surface area (Å²) in [4.78, 5) is 12.3. The number of aryl methyl sites for hydroxylation is 1. The molecule has 2 unspecified atom stereocenters. The number of para-hydroxylation sites is 1. The summed E-state index contributed by atoms with van der Waals surface area (Å²) in [5, 5.41) is 3.00. The number of carbonyl (C=O) groups is 1. The Kier molecular flexibility index (Phi) is 7.83. The zero-order valence-electron chi connectivity index (χ0n) is 13.4. The van der Waals surface area contributed by atoms with Gasteiger partial charge in [0.1, 0.15) is 5.75 Å². The van der Waals surface area contributed by atoms with Crippen molar-refractivity contribution in [3.05, 3.63) is 29.8 Å². The zero-order valence-corrected chi connectivity index (χ0v) is 13.4. The van der Waals surface area contributed by atoms with E-state index in [9.17, 15) is 4.79 Å². The molecule has 0 saturated heterocycles. The number of nitrogens with two attached hydrogens (primary N) is 1. The molecule has 0 fully saturated rings. The van der Waals surface area contributed by atoms with Gasteiger partial charge in [0.15, 0.2) is 6.10 Å². The second kappa shape index (κ2) is 9.40. The second-order valence-electron chi connectivity index (χ2n) is 5.36. The largest absolute Gasteiger partial charge is 0.480 e. The van der Waals surface area contributed by atoms with Gasteiger partial charge < -0.3 is 15.8 Å². The highest BCUT2D eigenvalue weighted by atomic mass is 16.5. The molecule has 2 atom stereocenters. The van der Waals surface area contributed by atoms with E-state index in [1.165, 1.54) is 0 Å². The highest BCUT2D eigenvalue weighted by molar-refractivity contribution is 5.81. The molecular formula is C17H28N2O2. The maximum absolute atomic E-state index is 12.3. The molecule has 0 heterocycles. The SMILES string of the molecule is CCCCC(CN)NC(=O)C(CC)Oc1ccccc1C. The molecule has 1 aromatic carbocycles. The van der Waals surface area contributed by atoms with Crippen LogP contribution >= 0.6 is 0 Å². The first-order valence-corrected chi connectivity index (χ1v) is 7.85. The van der Waals surface area contributed by atoms with Crippen molar-refractivity contribution >= 4 is 5.91 Å². The van der Waals surface area contributed by atoms with Crippen LogP contribution in [0.5, 0.6) is 5.75 Å². The molecule has 0 aliphatic heterocycles. The molecule has 0 saturated carbocycles. The third kappa shape index (κ3) is 5.76. The Bertz CT molecular complexity index is 435. The van der Waals surface area contributed by atoms with Crippen molar-refractivity contribution in [1.29, 1.82) is 0 Å². The summed E-state index contributed by atoms with van der Waals surface area (Å²) in [6.45, 7) is 6.52. The lowest BCUT2D eigenvalue weighted by Crippen LogP contribution is -2.46. The van der Waals surface area contributed by atoms with E-state index < -0.39 is 6.10 Å². The summed E-state index contributed by atoms with van der Waals surface area (Å²) in [5.41, 5.74) is 6.76. The van der Waals surface area contributed by atoms with Gasteiger partial charge in [-0.1, -0.05) is 44.9 Å². The van der Waals surface area contributed by atoms with Crippen LogP contribution in [0, 0.1) is 6.92 Å². The molecule has 4 heteroatoms. The lowest BCUT2D eigenvalue weighted by molar-refractivity contribution is -0.128. The molecule has 0 bridgehead atoms. The second-order valence-corrected chi connectivity index (χ2v) is 5.36. The monoisotopic (exact) mass is 292 g/mol. The molecule has 0 spiro atoms. The first-order valence-electron chi connectivity index (χ1n) is 7.85. The number of hydrogen-bond acceptors (Lipinski definition) is 3. The predicted octanol–water partition coefficient (Wildman–Crippen LogP) is 2.79. The Hall–Kier alpha value is -1.55. The van der Waals surface area contributed by atoms with Crippen molar-refractivity contribution in [1.82, 2.24) is 5.32 Å². The lowest BCUT2D eigenvalue weighted by Gasteiger charge is -2.22. The van der Waals surface area contributed by atoms with Crippen molar-refractivity contribution in [3.8, 4) is 5.75 Å². The summed E-state index contributed by atoms with van der Waals surface area (Å²) in [5.74, 6) is 0.685. The minimum atomic E-state index is -0.471. The topological polar surface area (TPSA) is 64.3 Å². The molecule has 21 heavy (non-hydrogen) atoms. The van der Waals surface area contributed by atoms with Crippen molar-refractivity contribution in [2.75, 3.05) is 6.54 Å². The average Bonchev–Trinajstić information content (AvgIpc) is 2.50. The van der Waals surface area contributed by atoms with E-state index in [1.54, 1.807) is 0 Å². The zero-order chi connectivity index (χ0) is 15.7.